The largest absolute Gasteiger partial charge is 0.454 e. The molecule has 12 rings (SSSR count). The van der Waals surface area contributed by atoms with Gasteiger partial charge in [-0.2, -0.15) is 0 Å². The van der Waals surface area contributed by atoms with Gasteiger partial charge >= 0.3 is 0 Å². The molecule has 0 radical (unpaired) electrons. The van der Waals surface area contributed by atoms with E-state index in [1.807, 2.05) is 0 Å². The van der Waals surface area contributed by atoms with Gasteiger partial charge in [0.1, 0.15) is 5.58 Å². The Labute approximate surface area is 353 Å². The van der Waals surface area contributed by atoms with Gasteiger partial charge in [0.05, 0.1) is 16.7 Å². The molecule has 286 valence electrons. The zero-order chi connectivity index (χ0) is 40.3. The third-order valence-electron chi connectivity index (χ3n) is 12.2. The van der Waals surface area contributed by atoms with Crippen molar-refractivity contribution in [3.8, 4) is 39.1 Å². The predicted molar refractivity (Wildman–Crippen MR) is 257 cm³/mol. The zero-order valence-electron chi connectivity index (χ0n) is 33.2. The molecule has 3 nitrogen and oxygen atoms in total. The first kappa shape index (κ1) is 34.9. The lowest BCUT2D eigenvalue weighted by molar-refractivity contribution is 0.669. The van der Waals surface area contributed by atoms with Crippen molar-refractivity contribution in [1.82, 2.24) is 4.57 Å². The SMILES string of the molecule is c1ccc(-c2ccc(-c3ccc(N(c4ccccc4)c4cccc5c4oc4cc(-c6ccc7c8ccccc8n(-c8ccccc8)c7c6)c6ccccc6c45)cc3)cc2)cc1. The number of benzene rings is 10. The van der Waals surface area contributed by atoms with Crippen LogP contribution in [0.3, 0.4) is 0 Å². The Balaban J connectivity index is 1.00. The summed E-state index contributed by atoms with van der Waals surface area (Å²) in [5.41, 5.74) is 15.4. The number of rotatable bonds is 7. The average Bonchev–Trinajstić information content (AvgIpc) is 3.89. The van der Waals surface area contributed by atoms with Gasteiger partial charge in [0, 0.05) is 38.6 Å². The van der Waals surface area contributed by atoms with Crippen LogP contribution in [-0.2, 0) is 0 Å². The molecule has 0 amide bonds. The van der Waals surface area contributed by atoms with Gasteiger partial charge in [0.2, 0.25) is 0 Å². The number of hydrogen-bond acceptors (Lipinski definition) is 2. The van der Waals surface area contributed by atoms with Crippen LogP contribution < -0.4 is 4.90 Å². The minimum absolute atomic E-state index is 0.851. The molecular formula is C58H38N2O. The van der Waals surface area contributed by atoms with Crippen molar-refractivity contribution in [1.29, 1.82) is 0 Å². The Bertz CT molecular complexity index is 3550. The number of aromatic nitrogens is 1. The van der Waals surface area contributed by atoms with E-state index in [-0.39, 0.29) is 0 Å². The molecule has 61 heavy (non-hydrogen) atoms. The first-order chi connectivity index (χ1) is 30.3. The van der Waals surface area contributed by atoms with Crippen LogP contribution >= 0.6 is 0 Å². The van der Waals surface area contributed by atoms with Crippen LogP contribution in [-0.4, -0.2) is 4.57 Å². The molecule has 0 aliphatic carbocycles. The topological polar surface area (TPSA) is 21.3 Å². The zero-order valence-corrected chi connectivity index (χ0v) is 33.2. The lowest BCUT2D eigenvalue weighted by atomic mass is 9.94. The van der Waals surface area contributed by atoms with Gasteiger partial charge in [0.25, 0.3) is 0 Å². The second-order valence-electron chi connectivity index (χ2n) is 15.7. The minimum Gasteiger partial charge on any atom is -0.454 e. The van der Waals surface area contributed by atoms with E-state index < -0.39 is 0 Å². The molecule has 0 bridgehead atoms. The number of anilines is 3. The number of fused-ring (bicyclic) bond motifs is 8. The molecule has 0 saturated carbocycles. The summed E-state index contributed by atoms with van der Waals surface area (Å²) in [6, 6.07) is 82.6. The number of para-hydroxylation sites is 4. The summed E-state index contributed by atoms with van der Waals surface area (Å²) in [4.78, 5) is 2.31. The Morgan fingerprint density at radius 2 is 0.869 bits per heavy atom. The Hall–Kier alpha value is -8.14. The Morgan fingerprint density at radius 3 is 1.59 bits per heavy atom. The van der Waals surface area contributed by atoms with Crippen molar-refractivity contribution >= 4 is 71.6 Å². The summed E-state index contributed by atoms with van der Waals surface area (Å²) in [5.74, 6) is 0. The number of nitrogens with zero attached hydrogens (tertiary/aromatic N) is 2. The fourth-order valence-corrected chi connectivity index (χ4v) is 9.35. The van der Waals surface area contributed by atoms with Gasteiger partial charge in [0.15, 0.2) is 5.58 Å². The van der Waals surface area contributed by atoms with Crippen LogP contribution in [0.1, 0.15) is 0 Å². The fraction of sp³-hybridized carbons (Fsp3) is 0. The van der Waals surface area contributed by atoms with Crippen LogP contribution in [0.25, 0.3) is 93.6 Å². The molecule has 0 atom stereocenters. The fourth-order valence-electron chi connectivity index (χ4n) is 9.35. The highest BCUT2D eigenvalue weighted by Gasteiger charge is 2.22. The van der Waals surface area contributed by atoms with Gasteiger partial charge in [-0.05, 0) is 105 Å². The normalized spacial score (nSPS) is 11.6. The van der Waals surface area contributed by atoms with Gasteiger partial charge < -0.3 is 13.9 Å². The van der Waals surface area contributed by atoms with Crippen LogP contribution in [0, 0.1) is 0 Å². The molecular weight excluding hydrogens is 741 g/mol. The molecule has 0 aliphatic rings. The molecule has 0 aliphatic heterocycles. The maximum absolute atomic E-state index is 7.10. The third kappa shape index (κ3) is 5.82. The summed E-state index contributed by atoms with van der Waals surface area (Å²) in [6.07, 6.45) is 0. The summed E-state index contributed by atoms with van der Waals surface area (Å²) in [6.45, 7) is 0. The van der Waals surface area contributed by atoms with Crippen LogP contribution in [0.4, 0.5) is 17.1 Å². The van der Waals surface area contributed by atoms with E-state index in [9.17, 15) is 0 Å². The molecule has 3 heteroatoms. The summed E-state index contributed by atoms with van der Waals surface area (Å²) >= 11 is 0. The van der Waals surface area contributed by atoms with Crippen LogP contribution in [0.15, 0.2) is 235 Å². The first-order valence-corrected chi connectivity index (χ1v) is 20.8. The molecule has 12 aromatic rings. The molecule has 0 spiro atoms. The van der Waals surface area contributed by atoms with Gasteiger partial charge in [-0.25, -0.2) is 0 Å². The molecule has 0 fully saturated rings. The monoisotopic (exact) mass is 778 g/mol. The Morgan fingerprint density at radius 1 is 0.344 bits per heavy atom. The van der Waals surface area contributed by atoms with Crippen molar-refractivity contribution in [2.24, 2.45) is 0 Å². The highest BCUT2D eigenvalue weighted by Crippen LogP contribution is 2.46. The van der Waals surface area contributed by atoms with Gasteiger partial charge in [-0.3, -0.25) is 0 Å². The second kappa shape index (κ2) is 14.3. The minimum atomic E-state index is 0.851. The number of hydrogen-bond donors (Lipinski definition) is 0. The maximum Gasteiger partial charge on any atom is 0.159 e. The van der Waals surface area contributed by atoms with Gasteiger partial charge in [-0.1, -0.05) is 170 Å². The molecule has 2 heterocycles. The molecule has 0 unspecified atom stereocenters. The van der Waals surface area contributed by atoms with Crippen molar-refractivity contribution in [2.75, 3.05) is 4.90 Å². The highest BCUT2D eigenvalue weighted by atomic mass is 16.3. The van der Waals surface area contributed by atoms with E-state index in [0.29, 0.717) is 0 Å². The first-order valence-electron chi connectivity index (χ1n) is 20.8. The smallest absolute Gasteiger partial charge is 0.159 e. The van der Waals surface area contributed by atoms with Crippen molar-refractivity contribution in [3.63, 3.8) is 0 Å². The van der Waals surface area contributed by atoms with E-state index in [1.54, 1.807) is 0 Å². The maximum atomic E-state index is 7.10. The highest BCUT2D eigenvalue weighted by molar-refractivity contribution is 6.24. The van der Waals surface area contributed by atoms with Crippen molar-refractivity contribution in [3.05, 3.63) is 231 Å². The third-order valence-corrected chi connectivity index (χ3v) is 12.2. The van der Waals surface area contributed by atoms with E-state index in [2.05, 4.69) is 240 Å². The standard InChI is InChI=1S/C58H38N2O/c1-4-15-39(16-5-1)40-27-29-41(30-28-40)42-31-34-46(35-32-42)59(44-17-6-2-7-18-44)54-26-14-24-51-57-50-23-11-10-21-47(50)52(38-56(57)61-58(51)54)43-33-36-49-48-22-12-13-25-53(48)60(55(49)37-43)45-19-8-3-9-20-45/h1-38H. The second-order valence-corrected chi connectivity index (χ2v) is 15.7. The lowest BCUT2D eigenvalue weighted by Gasteiger charge is -2.25. The summed E-state index contributed by atoms with van der Waals surface area (Å²) in [7, 11) is 0. The van der Waals surface area contributed by atoms with E-state index in [1.165, 1.54) is 54.8 Å². The van der Waals surface area contributed by atoms with Crippen molar-refractivity contribution in [2.45, 2.75) is 0 Å². The molecule has 2 aromatic heterocycles. The predicted octanol–water partition coefficient (Wildman–Crippen LogP) is 16.3. The molecule has 0 saturated heterocycles. The van der Waals surface area contributed by atoms with Crippen LogP contribution in [0.5, 0.6) is 0 Å². The Kier molecular flexibility index (Phi) is 8.17. The average molecular weight is 779 g/mol. The lowest BCUT2D eigenvalue weighted by Crippen LogP contribution is -2.10. The number of furan rings is 1. The van der Waals surface area contributed by atoms with E-state index in [0.717, 1.165) is 55.8 Å². The van der Waals surface area contributed by atoms with E-state index in [4.69, 9.17) is 4.42 Å². The van der Waals surface area contributed by atoms with Gasteiger partial charge in [-0.15, -0.1) is 0 Å². The van der Waals surface area contributed by atoms with Crippen molar-refractivity contribution < 1.29 is 4.42 Å². The quantitative estimate of drug-likeness (QED) is 0.161. The summed E-state index contributed by atoms with van der Waals surface area (Å²) < 4.78 is 9.48. The summed E-state index contributed by atoms with van der Waals surface area (Å²) in [5, 5.41) is 7.05. The molecule has 10 aromatic carbocycles. The molecule has 0 N–H and O–H groups in total. The van der Waals surface area contributed by atoms with E-state index >= 15 is 0 Å². The van der Waals surface area contributed by atoms with Crippen LogP contribution in [0.2, 0.25) is 0 Å².